The van der Waals surface area contributed by atoms with Gasteiger partial charge in [0.05, 0.1) is 18.5 Å². The number of rotatable bonds is 4. The van der Waals surface area contributed by atoms with E-state index in [0.29, 0.717) is 6.04 Å². The summed E-state index contributed by atoms with van der Waals surface area (Å²) in [5.74, 6) is 1.69. The smallest absolute Gasteiger partial charge is 0.208 e. The summed E-state index contributed by atoms with van der Waals surface area (Å²) < 4.78 is 7.49. The highest BCUT2D eigenvalue weighted by molar-refractivity contribution is 5.53. The Morgan fingerprint density at radius 2 is 2.00 bits per heavy atom. The Morgan fingerprint density at radius 1 is 1.26 bits per heavy atom. The van der Waals surface area contributed by atoms with Crippen LogP contribution in [0.15, 0.2) is 24.4 Å². The van der Waals surface area contributed by atoms with E-state index >= 15 is 0 Å². The van der Waals surface area contributed by atoms with Crippen LogP contribution in [0.25, 0.3) is 5.69 Å². The first-order valence-corrected chi connectivity index (χ1v) is 6.49. The molecule has 0 saturated heterocycles. The fraction of sp³-hybridized carbons (Fsp3) is 0.400. The predicted molar refractivity (Wildman–Crippen MR) is 78.3 cm³/mol. The van der Waals surface area contributed by atoms with Gasteiger partial charge in [-0.1, -0.05) is 6.07 Å². The van der Waals surface area contributed by atoms with Gasteiger partial charge in [0.1, 0.15) is 5.75 Å². The van der Waals surface area contributed by atoms with E-state index < -0.39 is 0 Å². The number of methoxy groups -OCH3 is 1. The topological polar surface area (TPSA) is 39.1 Å². The normalized spacial score (nSPS) is 10.8. The number of hydrogen-bond donors (Lipinski definition) is 1. The van der Waals surface area contributed by atoms with Gasteiger partial charge in [0.2, 0.25) is 5.95 Å². The Bertz CT molecular complexity index is 573. The third-order valence-electron chi connectivity index (χ3n) is 2.84. The van der Waals surface area contributed by atoms with Crippen LogP contribution in [0.3, 0.4) is 0 Å². The van der Waals surface area contributed by atoms with Crippen LogP contribution >= 0.6 is 0 Å². The zero-order valence-electron chi connectivity index (χ0n) is 12.2. The van der Waals surface area contributed by atoms with Crippen LogP contribution < -0.4 is 10.1 Å². The number of benzene rings is 1. The minimum absolute atomic E-state index is 0.330. The van der Waals surface area contributed by atoms with Crippen molar-refractivity contribution in [2.75, 3.05) is 12.4 Å². The Labute approximate surface area is 114 Å². The maximum Gasteiger partial charge on any atom is 0.208 e. The fourth-order valence-electron chi connectivity index (χ4n) is 2.03. The largest absolute Gasteiger partial charge is 0.495 e. The molecule has 0 spiro atoms. The van der Waals surface area contributed by atoms with Gasteiger partial charge in [-0.2, -0.15) is 0 Å². The van der Waals surface area contributed by atoms with Gasteiger partial charge < -0.3 is 10.1 Å². The van der Waals surface area contributed by atoms with Crippen molar-refractivity contribution < 1.29 is 4.74 Å². The Kier molecular flexibility index (Phi) is 3.79. The Hall–Kier alpha value is -1.97. The molecule has 0 aliphatic carbocycles. The minimum Gasteiger partial charge on any atom is -0.495 e. The fourth-order valence-corrected chi connectivity index (χ4v) is 2.03. The lowest BCUT2D eigenvalue weighted by Crippen LogP contribution is -2.14. The predicted octanol–water partition coefficient (Wildman–Crippen LogP) is 3.32. The summed E-state index contributed by atoms with van der Waals surface area (Å²) in [5, 5.41) is 3.36. The highest BCUT2D eigenvalue weighted by Crippen LogP contribution is 2.27. The molecule has 0 radical (unpaired) electrons. The van der Waals surface area contributed by atoms with Crippen molar-refractivity contribution in [2.45, 2.75) is 33.7 Å². The van der Waals surface area contributed by atoms with Gasteiger partial charge in [-0.05, 0) is 45.4 Å². The molecular weight excluding hydrogens is 238 g/mol. The zero-order chi connectivity index (χ0) is 14.0. The van der Waals surface area contributed by atoms with Gasteiger partial charge in [0.25, 0.3) is 0 Å². The molecule has 2 rings (SSSR count). The first-order chi connectivity index (χ1) is 9.01. The molecule has 0 aliphatic heterocycles. The van der Waals surface area contributed by atoms with Crippen molar-refractivity contribution in [3.05, 3.63) is 35.7 Å². The molecule has 0 aliphatic rings. The van der Waals surface area contributed by atoms with Gasteiger partial charge in [-0.15, -0.1) is 0 Å². The minimum atomic E-state index is 0.330. The zero-order valence-corrected chi connectivity index (χ0v) is 12.2. The van der Waals surface area contributed by atoms with E-state index in [1.54, 1.807) is 7.11 Å². The van der Waals surface area contributed by atoms with Gasteiger partial charge >= 0.3 is 0 Å². The molecule has 1 heterocycles. The molecule has 0 atom stereocenters. The van der Waals surface area contributed by atoms with Crippen LogP contribution in [0.4, 0.5) is 5.95 Å². The van der Waals surface area contributed by atoms with Crippen LogP contribution in [0.1, 0.15) is 25.1 Å². The standard InChI is InChI=1S/C15H21N3O/c1-10(2)16-15-17-12(4)9-18(15)13-8-11(3)6-7-14(13)19-5/h6-10H,1-5H3,(H,16,17). The molecule has 1 aromatic heterocycles. The van der Waals surface area contributed by atoms with E-state index in [4.69, 9.17) is 4.74 Å². The molecule has 4 nitrogen and oxygen atoms in total. The summed E-state index contributed by atoms with van der Waals surface area (Å²) in [6.07, 6.45) is 2.02. The second-order valence-electron chi connectivity index (χ2n) is 5.05. The number of ether oxygens (including phenoxy) is 1. The van der Waals surface area contributed by atoms with Crippen molar-refractivity contribution in [3.8, 4) is 11.4 Å². The number of aryl methyl sites for hydroxylation is 2. The van der Waals surface area contributed by atoms with Crippen molar-refractivity contribution in [3.63, 3.8) is 0 Å². The third-order valence-corrected chi connectivity index (χ3v) is 2.84. The van der Waals surface area contributed by atoms with Crippen molar-refractivity contribution >= 4 is 5.95 Å². The average Bonchev–Trinajstić information content (AvgIpc) is 2.69. The summed E-state index contributed by atoms with van der Waals surface area (Å²) in [4.78, 5) is 4.53. The average molecular weight is 259 g/mol. The second kappa shape index (κ2) is 5.34. The van der Waals surface area contributed by atoms with E-state index in [0.717, 1.165) is 23.1 Å². The van der Waals surface area contributed by atoms with Crippen LogP contribution in [0, 0.1) is 13.8 Å². The number of imidazole rings is 1. The molecule has 0 amide bonds. The van der Waals surface area contributed by atoms with Gasteiger partial charge in [-0.3, -0.25) is 4.57 Å². The van der Waals surface area contributed by atoms with Crippen LogP contribution in [-0.2, 0) is 0 Å². The van der Waals surface area contributed by atoms with E-state index in [9.17, 15) is 0 Å². The molecule has 0 saturated carbocycles. The van der Waals surface area contributed by atoms with Gasteiger partial charge in [-0.25, -0.2) is 4.98 Å². The molecule has 4 heteroatoms. The maximum atomic E-state index is 5.45. The highest BCUT2D eigenvalue weighted by atomic mass is 16.5. The lowest BCUT2D eigenvalue weighted by Gasteiger charge is -2.15. The number of hydrogen-bond acceptors (Lipinski definition) is 3. The summed E-state index contributed by atoms with van der Waals surface area (Å²) in [6.45, 7) is 8.26. The number of nitrogens with one attached hydrogen (secondary N) is 1. The third kappa shape index (κ3) is 2.89. The Balaban J connectivity index is 2.54. The van der Waals surface area contributed by atoms with E-state index in [-0.39, 0.29) is 0 Å². The monoisotopic (exact) mass is 259 g/mol. The first-order valence-electron chi connectivity index (χ1n) is 6.49. The van der Waals surface area contributed by atoms with Crippen molar-refractivity contribution in [1.29, 1.82) is 0 Å². The maximum absolute atomic E-state index is 5.45. The second-order valence-corrected chi connectivity index (χ2v) is 5.05. The molecule has 102 valence electrons. The van der Waals surface area contributed by atoms with Crippen LogP contribution in [0.2, 0.25) is 0 Å². The highest BCUT2D eigenvalue weighted by Gasteiger charge is 2.12. The van der Waals surface area contributed by atoms with Gasteiger partial charge in [0.15, 0.2) is 0 Å². The van der Waals surface area contributed by atoms with Crippen molar-refractivity contribution in [1.82, 2.24) is 9.55 Å². The lowest BCUT2D eigenvalue weighted by molar-refractivity contribution is 0.413. The van der Waals surface area contributed by atoms with Crippen molar-refractivity contribution in [2.24, 2.45) is 0 Å². The summed E-state index contributed by atoms with van der Waals surface area (Å²) in [7, 11) is 1.69. The van der Waals surface area contributed by atoms with Crippen LogP contribution in [-0.4, -0.2) is 22.7 Å². The van der Waals surface area contributed by atoms with E-state index in [1.807, 2.05) is 29.8 Å². The quantitative estimate of drug-likeness (QED) is 0.915. The van der Waals surface area contributed by atoms with E-state index in [2.05, 4.69) is 37.1 Å². The molecule has 0 fully saturated rings. The molecule has 0 bridgehead atoms. The Morgan fingerprint density at radius 3 is 2.63 bits per heavy atom. The number of aromatic nitrogens is 2. The lowest BCUT2D eigenvalue weighted by atomic mass is 10.2. The molecular formula is C15H21N3O. The summed E-state index contributed by atoms with van der Waals surface area (Å²) in [6, 6.07) is 6.46. The first kappa shape index (κ1) is 13.5. The molecule has 1 N–H and O–H groups in total. The summed E-state index contributed by atoms with van der Waals surface area (Å²) in [5.41, 5.74) is 3.18. The van der Waals surface area contributed by atoms with E-state index in [1.165, 1.54) is 5.56 Å². The molecule has 2 aromatic rings. The van der Waals surface area contributed by atoms with Crippen LogP contribution in [0.5, 0.6) is 5.75 Å². The summed E-state index contributed by atoms with van der Waals surface area (Å²) >= 11 is 0. The van der Waals surface area contributed by atoms with Gasteiger partial charge in [0, 0.05) is 12.2 Å². The SMILES string of the molecule is COc1ccc(C)cc1-n1cc(C)nc1NC(C)C. The molecule has 0 unspecified atom stereocenters. The molecule has 19 heavy (non-hydrogen) atoms. The molecule has 1 aromatic carbocycles. The number of nitrogens with zero attached hydrogens (tertiary/aromatic N) is 2. The number of anilines is 1.